The van der Waals surface area contributed by atoms with Crippen molar-refractivity contribution in [1.82, 2.24) is 0 Å². The highest BCUT2D eigenvalue weighted by atomic mass is 32.2. The van der Waals surface area contributed by atoms with Crippen molar-refractivity contribution in [1.29, 1.82) is 0 Å². The smallest absolute Gasteiger partial charge is 0.124 e. The predicted molar refractivity (Wildman–Crippen MR) is 52.7 cm³/mol. The lowest BCUT2D eigenvalue weighted by atomic mass is 10.2. The van der Waals surface area contributed by atoms with Crippen molar-refractivity contribution >= 4 is 21.2 Å². The average Bonchev–Trinajstić information content (AvgIpc) is 2.10. The van der Waals surface area contributed by atoms with Crippen molar-refractivity contribution in [3.05, 3.63) is 23.1 Å². The van der Waals surface area contributed by atoms with Gasteiger partial charge in [0.25, 0.3) is 0 Å². The second kappa shape index (κ2) is 3.72. The molecule has 0 aromatic carbocycles. The van der Waals surface area contributed by atoms with E-state index < -0.39 is 9.52 Å². The third kappa shape index (κ3) is 2.08. The highest BCUT2D eigenvalue weighted by molar-refractivity contribution is 8.04. The minimum atomic E-state index is -1.88. The Morgan fingerprint density at radius 3 is 2.75 bits per heavy atom. The van der Waals surface area contributed by atoms with E-state index in [-0.39, 0.29) is 0 Å². The SMILES string of the molecule is CCS1(=O)=CC=C(CC=O)C=C1. The molecule has 0 radical (unpaired) electrons. The molecule has 0 aromatic rings. The Balaban J connectivity index is 2.90. The first-order valence-corrected chi connectivity index (χ1v) is 5.73. The first-order chi connectivity index (χ1) is 5.70. The van der Waals surface area contributed by atoms with Crippen LogP contribution in [0.5, 0.6) is 0 Å². The first kappa shape index (κ1) is 9.26. The molecule has 0 saturated carbocycles. The van der Waals surface area contributed by atoms with Crippen molar-refractivity contribution in [2.75, 3.05) is 5.75 Å². The van der Waals surface area contributed by atoms with Crippen LogP contribution in [0.3, 0.4) is 0 Å². The summed E-state index contributed by atoms with van der Waals surface area (Å²) in [7, 11) is -1.88. The van der Waals surface area contributed by atoms with E-state index in [1.54, 1.807) is 22.9 Å². The molecule has 2 nitrogen and oxygen atoms in total. The third-order valence-corrected chi connectivity index (χ3v) is 3.89. The van der Waals surface area contributed by atoms with Crippen LogP contribution < -0.4 is 0 Å². The molecule has 0 spiro atoms. The Morgan fingerprint density at radius 1 is 1.58 bits per heavy atom. The molecule has 0 bridgehead atoms. The summed E-state index contributed by atoms with van der Waals surface area (Å²) in [6.45, 7) is 1.89. The highest BCUT2D eigenvalue weighted by Gasteiger charge is 2.02. The van der Waals surface area contributed by atoms with Crippen LogP contribution in [0.15, 0.2) is 23.1 Å². The summed E-state index contributed by atoms with van der Waals surface area (Å²) < 4.78 is 11.6. The Hall–Kier alpha value is -0.830. The van der Waals surface area contributed by atoms with Crippen LogP contribution in [-0.4, -0.2) is 21.6 Å². The molecule has 12 heavy (non-hydrogen) atoms. The zero-order chi connectivity index (χ0) is 9.03. The van der Waals surface area contributed by atoms with Gasteiger partial charge in [0, 0.05) is 12.2 Å². The Bertz CT molecular complexity index is 342. The molecule has 0 amide bonds. The van der Waals surface area contributed by atoms with Gasteiger partial charge in [0.15, 0.2) is 0 Å². The van der Waals surface area contributed by atoms with Gasteiger partial charge < -0.3 is 4.79 Å². The third-order valence-electron chi connectivity index (χ3n) is 1.80. The van der Waals surface area contributed by atoms with Crippen LogP contribution in [-0.2, 0) is 14.3 Å². The summed E-state index contributed by atoms with van der Waals surface area (Å²) in [5.74, 6) is 0.633. The van der Waals surface area contributed by atoms with Crippen LogP contribution in [0.2, 0.25) is 0 Å². The van der Waals surface area contributed by atoms with Crippen LogP contribution in [0.25, 0.3) is 0 Å². The molecule has 0 saturated heterocycles. The fourth-order valence-corrected chi connectivity index (χ4v) is 2.22. The molecule has 0 aliphatic carbocycles. The highest BCUT2D eigenvalue weighted by Crippen LogP contribution is 2.08. The van der Waals surface area contributed by atoms with Crippen LogP contribution in [0.4, 0.5) is 0 Å². The lowest BCUT2D eigenvalue weighted by Crippen LogP contribution is -2.05. The summed E-state index contributed by atoms with van der Waals surface area (Å²) >= 11 is 0. The zero-order valence-electron chi connectivity index (χ0n) is 7.03. The summed E-state index contributed by atoms with van der Waals surface area (Å²) in [5, 5.41) is 3.40. The lowest BCUT2D eigenvalue weighted by Gasteiger charge is -2.06. The van der Waals surface area contributed by atoms with Gasteiger partial charge in [-0.1, -0.05) is 19.1 Å². The summed E-state index contributed by atoms with van der Waals surface area (Å²) in [5.41, 5.74) is 0.928. The zero-order valence-corrected chi connectivity index (χ0v) is 7.84. The van der Waals surface area contributed by atoms with Crippen LogP contribution in [0, 0.1) is 0 Å². The maximum absolute atomic E-state index is 11.6. The van der Waals surface area contributed by atoms with E-state index in [1.807, 2.05) is 6.92 Å². The topological polar surface area (TPSA) is 34.1 Å². The van der Waals surface area contributed by atoms with E-state index in [0.717, 1.165) is 11.9 Å². The molecule has 3 heteroatoms. The van der Waals surface area contributed by atoms with Crippen molar-refractivity contribution in [3.63, 3.8) is 0 Å². The van der Waals surface area contributed by atoms with Gasteiger partial charge >= 0.3 is 0 Å². The minimum Gasteiger partial charge on any atom is -0.303 e. The van der Waals surface area contributed by atoms with Crippen LogP contribution in [0.1, 0.15) is 13.3 Å². The van der Waals surface area contributed by atoms with E-state index in [9.17, 15) is 9.00 Å². The second-order valence-electron chi connectivity index (χ2n) is 2.62. The molecule has 1 rings (SSSR count). The Labute approximate surface area is 73.0 Å². The van der Waals surface area contributed by atoms with E-state index in [0.29, 0.717) is 12.2 Å². The summed E-state index contributed by atoms with van der Waals surface area (Å²) in [4.78, 5) is 10.1. The Kier molecular flexibility index (Phi) is 2.87. The number of rotatable bonds is 3. The Morgan fingerprint density at radius 2 is 2.33 bits per heavy atom. The number of carbonyl (C=O) groups excluding carboxylic acids is 1. The van der Waals surface area contributed by atoms with Crippen molar-refractivity contribution in [2.24, 2.45) is 0 Å². The van der Waals surface area contributed by atoms with Gasteiger partial charge in [-0.25, -0.2) is 0 Å². The minimum absolute atomic E-state index is 0.409. The maximum Gasteiger partial charge on any atom is 0.124 e. The van der Waals surface area contributed by atoms with Gasteiger partial charge in [0.05, 0.1) is 0 Å². The molecule has 1 aliphatic heterocycles. The number of carbonyl (C=O) groups is 1. The quantitative estimate of drug-likeness (QED) is 0.487. The van der Waals surface area contributed by atoms with Crippen LogP contribution >= 0.6 is 0 Å². The number of hydrogen-bond donors (Lipinski definition) is 0. The number of aldehydes is 1. The average molecular weight is 184 g/mol. The van der Waals surface area contributed by atoms with E-state index >= 15 is 0 Å². The van der Waals surface area contributed by atoms with Gasteiger partial charge in [0.2, 0.25) is 0 Å². The normalized spacial score (nSPS) is 27.6. The van der Waals surface area contributed by atoms with Gasteiger partial charge in [-0.05, 0) is 25.9 Å². The first-order valence-electron chi connectivity index (χ1n) is 3.88. The molecule has 0 aromatic heterocycles. The maximum atomic E-state index is 11.6. The fraction of sp³-hybridized carbons (Fsp3) is 0.333. The van der Waals surface area contributed by atoms with Crippen molar-refractivity contribution in [2.45, 2.75) is 13.3 Å². The predicted octanol–water partition coefficient (Wildman–Crippen LogP) is 1.14. The number of hydrogen-bond acceptors (Lipinski definition) is 2. The van der Waals surface area contributed by atoms with Gasteiger partial charge in [-0.2, -0.15) is 0 Å². The molecule has 1 heterocycles. The molecule has 1 unspecified atom stereocenters. The van der Waals surface area contributed by atoms with Crippen molar-refractivity contribution in [3.8, 4) is 0 Å². The monoisotopic (exact) mass is 184 g/mol. The van der Waals surface area contributed by atoms with Gasteiger partial charge in [-0.15, -0.1) is 0 Å². The molecule has 0 fully saturated rings. The summed E-state index contributed by atoms with van der Waals surface area (Å²) in [6, 6.07) is 0. The van der Waals surface area contributed by atoms with E-state index in [2.05, 4.69) is 0 Å². The number of allylic oxidation sites excluding steroid dienone is 3. The lowest BCUT2D eigenvalue weighted by molar-refractivity contribution is -0.107. The fourth-order valence-electron chi connectivity index (χ4n) is 0.931. The second-order valence-corrected chi connectivity index (χ2v) is 5.30. The molecule has 66 valence electrons. The molecule has 1 aliphatic rings. The largest absolute Gasteiger partial charge is 0.303 e. The van der Waals surface area contributed by atoms with Crippen molar-refractivity contribution < 1.29 is 9.00 Å². The molecular formula is C9H12O2S. The van der Waals surface area contributed by atoms with E-state index in [4.69, 9.17) is 0 Å². The van der Waals surface area contributed by atoms with Gasteiger partial charge in [0.1, 0.15) is 6.29 Å². The molecule has 1 atom stereocenters. The molecular weight excluding hydrogens is 172 g/mol. The summed E-state index contributed by atoms with van der Waals surface area (Å²) in [6.07, 6.45) is 4.82. The van der Waals surface area contributed by atoms with Gasteiger partial charge in [-0.3, -0.25) is 4.21 Å². The molecule has 0 N–H and O–H groups in total. The standard InChI is InChI=1S/C9H12O2S/c1-2-12(11)7-4-9(3-6-10)5-8-12/h4-8H,2-3H2,1H3. The van der Waals surface area contributed by atoms with E-state index in [1.165, 1.54) is 0 Å².